The second kappa shape index (κ2) is 12.1. The van der Waals surface area contributed by atoms with Crippen LogP contribution in [0.2, 0.25) is 0 Å². The number of carbonyl (C=O) groups is 2. The van der Waals surface area contributed by atoms with Gasteiger partial charge in [0.2, 0.25) is 0 Å². The third kappa shape index (κ3) is 5.97. The zero-order chi connectivity index (χ0) is 29.9. The molecule has 1 aliphatic rings. The maximum atomic E-state index is 13.8. The molecule has 0 saturated heterocycles. The van der Waals surface area contributed by atoms with Crippen LogP contribution in [-0.4, -0.2) is 42.7 Å². The zero-order valence-corrected chi connectivity index (χ0v) is 24.6. The number of hydrogen-bond donors (Lipinski definition) is 0. The quantitative estimate of drug-likeness (QED) is 0.151. The van der Waals surface area contributed by atoms with E-state index >= 15 is 0 Å². The first kappa shape index (κ1) is 28.1. The highest BCUT2D eigenvalue weighted by atomic mass is 16.5. The van der Waals surface area contributed by atoms with Crippen molar-refractivity contribution in [2.45, 2.75) is 32.8 Å². The van der Waals surface area contributed by atoms with Crippen molar-refractivity contribution in [1.82, 2.24) is 4.57 Å². The summed E-state index contributed by atoms with van der Waals surface area (Å²) >= 11 is 0. The Hall–Kier alpha value is -5.04. The van der Waals surface area contributed by atoms with E-state index in [1.54, 1.807) is 22.8 Å². The summed E-state index contributed by atoms with van der Waals surface area (Å²) in [6.07, 6.45) is 0.757. The van der Waals surface area contributed by atoms with Crippen molar-refractivity contribution < 1.29 is 23.8 Å². The molecular weight excluding hydrogens is 540 g/mol. The topological polar surface area (TPSA) is 70.0 Å². The number of esters is 1. The van der Waals surface area contributed by atoms with E-state index in [9.17, 15) is 9.59 Å². The molecular formula is C36H34N2O5. The zero-order valence-electron chi connectivity index (χ0n) is 24.6. The number of carbonyl (C=O) groups excluding carboxylic acids is 2. The number of hydrogen-bond acceptors (Lipinski definition) is 6. The average Bonchev–Trinajstić information content (AvgIpc) is 3.36. The Balaban J connectivity index is 1.15. The van der Waals surface area contributed by atoms with Crippen LogP contribution in [0.1, 0.15) is 33.6 Å². The number of rotatable bonds is 8. The van der Waals surface area contributed by atoms with Crippen molar-refractivity contribution in [3.05, 3.63) is 119 Å². The van der Waals surface area contributed by atoms with Gasteiger partial charge in [-0.1, -0.05) is 48.5 Å². The van der Waals surface area contributed by atoms with Crippen molar-refractivity contribution >= 4 is 28.5 Å². The normalized spacial score (nSPS) is 14.2. The standard InChI is InChI=1S/C36H34N2O5/c1-24-20-27(41-23-28-22-37(3)32-12-7-8-14-34(32)42-28)17-18-29(24)36(40)38-25(2)21-30-31(38)13-9-15-33(30)43-35(39)19-16-26-10-5-4-6-11-26/h4-15,17-18,20-21,28H,16,19,22-23H2,1-3H3/t28-/m0/s1. The largest absolute Gasteiger partial charge is 0.490 e. The molecule has 1 atom stereocenters. The Morgan fingerprint density at radius 1 is 0.907 bits per heavy atom. The van der Waals surface area contributed by atoms with Crippen LogP contribution in [0.3, 0.4) is 0 Å². The fourth-order valence-electron chi connectivity index (χ4n) is 5.61. The summed E-state index contributed by atoms with van der Waals surface area (Å²) in [4.78, 5) is 28.6. The Bertz CT molecular complexity index is 1790. The van der Waals surface area contributed by atoms with E-state index in [4.69, 9.17) is 14.2 Å². The molecule has 0 spiro atoms. The molecule has 43 heavy (non-hydrogen) atoms. The summed E-state index contributed by atoms with van der Waals surface area (Å²) in [5.74, 6) is 1.51. The third-order valence-corrected chi connectivity index (χ3v) is 7.79. The second-order valence-electron chi connectivity index (χ2n) is 11.0. The van der Waals surface area contributed by atoms with Gasteiger partial charge in [0, 0.05) is 30.1 Å². The molecule has 2 heterocycles. The number of fused-ring (bicyclic) bond motifs is 2. The van der Waals surface area contributed by atoms with Crippen molar-refractivity contribution in [2.24, 2.45) is 0 Å². The lowest BCUT2D eigenvalue weighted by molar-refractivity contribution is -0.134. The van der Waals surface area contributed by atoms with Gasteiger partial charge in [-0.15, -0.1) is 0 Å². The average molecular weight is 575 g/mol. The summed E-state index contributed by atoms with van der Waals surface area (Å²) in [7, 11) is 2.05. The van der Waals surface area contributed by atoms with Crippen molar-refractivity contribution in [3.8, 4) is 17.2 Å². The molecule has 0 aliphatic carbocycles. The molecule has 5 aromatic rings. The van der Waals surface area contributed by atoms with Crippen LogP contribution in [0, 0.1) is 13.8 Å². The van der Waals surface area contributed by atoms with E-state index in [2.05, 4.69) is 4.90 Å². The third-order valence-electron chi connectivity index (χ3n) is 7.79. The van der Waals surface area contributed by atoms with Gasteiger partial charge in [-0.2, -0.15) is 0 Å². The van der Waals surface area contributed by atoms with Crippen LogP contribution < -0.4 is 19.1 Å². The number of ether oxygens (including phenoxy) is 3. The van der Waals surface area contributed by atoms with E-state index in [0.29, 0.717) is 35.6 Å². The Kier molecular flexibility index (Phi) is 7.88. The number of aromatic nitrogens is 1. The lowest BCUT2D eigenvalue weighted by Crippen LogP contribution is -2.41. The molecule has 4 aromatic carbocycles. The maximum absolute atomic E-state index is 13.8. The smallest absolute Gasteiger partial charge is 0.311 e. The van der Waals surface area contributed by atoms with E-state index in [0.717, 1.165) is 40.2 Å². The fourth-order valence-corrected chi connectivity index (χ4v) is 5.61. The van der Waals surface area contributed by atoms with Crippen LogP contribution in [0.4, 0.5) is 5.69 Å². The summed E-state index contributed by atoms with van der Waals surface area (Å²) in [5, 5.41) is 0.720. The molecule has 6 rings (SSSR count). The Morgan fingerprint density at radius 3 is 2.51 bits per heavy atom. The molecule has 7 heteroatoms. The van der Waals surface area contributed by atoms with Crippen LogP contribution in [0.25, 0.3) is 10.9 Å². The van der Waals surface area contributed by atoms with Gasteiger partial charge in [-0.05, 0) is 79.9 Å². The molecule has 1 aromatic heterocycles. The monoisotopic (exact) mass is 574 g/mol. The van der Waals surface area contributed by atoms with E-state index in [-0.39, 0.29) is 24.4 Å². The number of anilines is 1. The van der Waals surface area contributed by atoms with Gasteiger partial charge in [-0.3, -0.25) is 14.2 Å². The van der Waals surface area contributed by atoms with Gasteiger partial charge < -0.3 is 19.1 Å². The first-order valence-electron chi connectivity index (χ1n) is 14.5. The highest BCUT2D eigenvalue weighted by Crippen LogP contribution is 2.33. The summed E-state index contributed by atoms with van der Waals surface area (Å²) in [5.41, 5.74) is 4.97. The molecule has 7 nitrogen and oxygen atoms in total. The predicted octanol–water partition coefficient (Wildman–Crippen LogP) is 6.76. The minimum atomic E-state index is -0.311. The summed E-state index contributed by atoms with van der Waals surface area (Å²) in [6, 6.07) is 30.7. The van der Waals surface area contributed by atoms with E-state index in [1.165, 1.54) is 0 Å². The minimum Gasteiger partial charge on any atom is -0.490 e. The van der Waals surface area contributed by atoms with Crippen molar-refractivity contribution in [2.75, 3.05) is 25.1 Å². The number of nitrogens with zero attached hydrogens (tertiary/aromatic N) is 2. The first-order chi connectivity index (χ1) is 20.9. The van der Waals surface area contributed by atoms with Gasteiger partial charge in [-0.25, -0.2) is 0 Å². The number of likely N-dealkylation sites (N-methyl/N-ethyl adjacent to an activating group) is 1. The molecule has 0 amide bonds. The van der Waals surface area contributed by atoms with Crippen LogP contribution in [-0.2, 0) is 11.2 Å². The number of aryl methyl sites for hydroxylation is 3. The molecule has 0 bridgehead atoms. The summed E-state index contributed by atoms with van der Waals surface area (Å²) in [6.45, 7) is 4.89. The van der Waals surface area contributed by atoms with E-state index < -0.39 is 0 Å². The molecule has 0 unspecified atom stereocenters. The minimum absolute atomic E-state index is 0.114. The van der Waals surface area contributed by atoms with Gasteiger partial charge >= 0.3 is 5.97 Å². The molecule has 0 saturated carbocycles. The van der Waals surface area contributed by atoms with Gasteiger partial charge in [0.25, 0.3) is 5.91 Å². The van der Waals surface area contributed by atoms with Gasteiger partial charge in [0.05, 0.1) is 17.7 Å². The van der Waals surface area contributed by atoms with E-state index in [1.807, 2.05) is 99.8 Å². The highest BCUT2D eigenvalue weighted by molar-refractivity contribution is 6.05. The summed E-state index contributed by atoms with van der Waals surface area (Å²) < 4.78 is 19.6. The Morgan fingerprint density at radius 2 is 1.70 bits per heavy atom. The SMILES string of the molecule is Cc1cc(OC[C@@H]2CN(C)c3ccccc3O2)ccc1C(=O)n1c(C)cc2c(OC(=O)CCc3ccccc3)cccc21. The molecule has 0 radical (unpaired) electrons. The maximum Gasteiger partial charge on any atom is 0.311 e. The fraction of sp³-hybridized carbons (Fsp3) is 0.222. The molecule has 0 N–H and O–H groups in total. The lowest BCUT2D eigenvalue weighted by Gasteiger charge is -2.33. The van der Waals surface area contributed by atoms with Crippen molar-refractivity contribution in [1.29, 1.82) is 0 Å². The van der Waals surface area contributed by atoms with Crippen LogP contribution >= 0.6 is 0 Å². The first-order valence-corrected chi connectivity index (χ1v) is 14.5. The van der Waals surface area contributed by atoms with Crippen LogP contribution in [0.15, 0.2) is 97.1 Å². The van der Waals surface area contributed by atoms with Gasteiger partial charge in [0.1, 0.15) is 30.0 Å². The van der Waals surface area contributed by atoms with Crippen LogP contribution in [0.5, 0.6) is 17.2 Å². The highest BCUT2D eigenvalue weighted by Gasteiger charge is 2.24. The second-order valence-corrected chi connectivity index (χ2v) is 11.0. The molecule has 218 valence electrons. The molecule has 0 fully saturated rings. The Labute approximate surface area is 251 Å². The number of benzene rings is 4. The lowest BCUT2D eigenvalue weighted by atomic mass is 10.1. The predicted molar refractivity (Wildman–Crippen MR) is 168 cm³/mol. The molecule has 1 aliphatic heterocycles. The van der Waals surface area contributed by atoms with Crippen molar-refractivity contribution in [3.63, 3.8) is 0 Å². The number of para-hydroxylation sites is 2. The van der Waals surface area contributed by atoms with Gasteiger partial charge in [0.15, 0.2) is 0 Å².